The van der Waals surface area contributed by atoms with E-state index in [9.17, 15) is 22.8 Å². The number of rotatable bonds is 8. The van der Waals surface area contributed by atoms with Crippen molar-refractivity contribution in [3.05, 3.63) is 65.0 Å². The van der Waals surface area contributed by atoms with Crippen LogP contribution in [-0.4, -0.2) is 50.8 Å². The van der Waals surface area contributed by atoms with Crippen LogP contribution in [0, 0.1) is 6.92 Å². The molecule has 3 aromatic rings. The lowest BCUT2D eigenvalue weighted by Gasteiger charge is -2.23. The Hall–Kier alpha value is -3.66. The summed E-state index contributed by atoms with van der Waals surface area (Å²) in [6, 6.07) is 13.5. The highest BCUT2D eigenvalue weighted by Gasteiger charge is 2.42. The van der Waals surface area contributed by atoms with Gasteiger partial charge in [0.1, 0.15) is 17.2 Å². The fraction of sp³-hybridized carbons (Fsp3) is 0.393. The maximum Gasteiger partial charge on any atom is 0.491 e. The average Bonchev–Trinajstić information content (AvgIpc) is 3.41. The molecule has 1 aliphatic rings. The Morgan fingerprint density at radius 3 is 2.61 bits per heavy atom. The summed E-state index contributed by atoms with van der Waals surface area (Å²) < 4.78 is 53.4. The molecule has 0 fully saturated rings. The minimum absolute atomic E-state index is 0.291. The third kappa shape index (κ3) is 6.42. The van der Waals surface area contributed by atoms with Gasteiger partial charge in [-0.25, -0.2) is 9.78 Å². The molecule has 0 spiro atoms. The molecule has 0 amide bonds. The maximum absolute atomic E-state index is 12.3. The number of fused-ring (bicyclic) bond motifs is 1. The normalized spacial score (nSPS) is 15.3. The predicted molar refractivity (Wildman–Crippen MR) is 135 cm³/mol. The van der Waals surface area contributed by atoms with Crippen LogP contribution in [0.2, 0.25) is 0 Å². The van der Waals surface area contributed by atoms with E-state index in [0.717, 1.165) is 33.8 Å². The molecular formula is C28H30F3N2O5+. The van der Waals surface area contributed by atoms with E-state index in [1.165, 1.54) is 0 Å². The third-order valence-corrected chi connectivity index (χ3v) is 6.54. The minimum atomic E-state index is -5.20. The van der Waals surface area contributed by atoms with E-state index in [-0.39, 0.29) is 12.3 Å². The van der Waals surface area contributed by atoms with Crippen LogP contribution in [0.3, 0.4) is 0 Å². The SMILES string of the molecule is Cc1oc(-c2cccc([N+](C)(C)C)c2)nc1CCOc1ccc2c(c1)CC[C@H]2CC(=O)OC(=O)C(F)(F)F. The van der Waals surface area contributed by atoms with E-state index in [1.54, 1.807) is 12.1 Å². The molecule has 0 unspecified atom stereocenters. The molecule has 1 heterocycles. The number of nitrogens with zero attached hydrogens (tertiary/aromatic N) is 2. The summed E-state index contributed by atoms with van der Waals surface area (Å²) in [5.74, 6) is -2.04. The Bertz CT molecular complexity index is 1340. The number of ether oxygens (including phenoxy) is 2. The van der Waals surface area contributed by atoms with E-state index in [4.69, 9.17) is 9.15 Å². The highest BCUT2D eigenvalue weighted by molar-refractivity contribution is 5.88. The number of esters is 2. The Balaban J connectivity index is 1.34. The van der Waals surface area contributed by atoms with Crippen LogP contribution < -0.4 is 9.22 Å². The first-order valence-corrected chi connectivity index (χ1v) is 12.3. The van der Waals surface area contributed by atoms with Crippen molar-refractivity contribution in [3.8, 4) is 17.2 Å². The second-order valence-corrected chi connectivity index (χ2v) is 10.2. The van der Waals surface area contributed by atoms with Crippen molar-refractivity contribution in [3.63, 3.8) is 0 Å². The second kappa shape index (κ2) is 10.6. The predicted octanol–water partition coefficient (Wildman–Crippen LogP) is 5.52. The van der Waals surface area contributed by atoms with Crippen molar-refractivity contribution >= 4 is 17.6 Å². The molecule has 10 heteroatoms. The standard InChI is InChI=1S/C28H30F3N2O5/c1-17-24(32-26(37-17)20-6-5-7-21(14-20)33(2,3)4)12-13-36-22-10-11-23-18(15-22)8-9-19(23)16-25(34)38-27(35)28(29,30)31/h5-7,10-11,14-15,19H,8-9,12-13,16H2,1-4H3/q+1/t19-/m0/s1. The number of aromatic nitrogens is 1. The van der Waals surface area contributed by atoms with Crippen LogP contribution >= 0.6 is 0 Å². The summed E-state index contributed by atoms with van der Waals surface area (Å²) in [6.07, 6.45) is -3.72. The molecule has 38 heavy (non-hydrogen) atoms. The second-order valence-electron chi connectivity index (χ2n) is 10.2. The number of hydrogen-bond acceptors (Lipinski definition) is 6. The maximum atomic E-state index is 12.3. The first-order chi connectivity index (χ1) is 17.8. The quantitative estimate of drug-likeness (QED) is 0.216. The van der Waals surface area contributed by atoms with Crippen LogP contribution in [0.15, 0.2) is 46.9 Å². The number of quaternary nitrogens is 1. The van der Waals surface area contributed by atoms with Gasteiger partial charge in [0.25, 0.3) is 0 Å². The van der Waals surface area contributed by atoms with Gasteiger partial charge in [-0.15, -0.1) is 0 Å². The van der Waals surface area contributed by atoms with Gasteiger partial charge in [0.15, 0.2) is 0 Å². The number of oxazole rings is 1. The van der Waals surface area contributed by atoms with Crippen molar-refractivity contribution in [1.29, 1.82) is 0 Å². The Morgan fingerprint density at radius 1 is 1.13 bits per heavy atom. The zero-order valence-corrected chi connectivity index (χ0v) is 21.7. The van der Waals surface area contributed by atoms with Crippen LogP contribution in [0.5, 0.6) is 5.75 Å². The number of benzene rings is 2. The molecule has 202 valence electrons. The summed E-state index contributed by atoms with van der Waals surface area (Å²) in [4.78, 5) is 27.4. The van der Waals surface area contributed by atoms with Gasteiger partial charge in [0, 0.05) is 18.1 Å². The lowest BCUT2D eigenvalue weighted by Crippen LogP contribution is -2.34. The van der Waals surface area contributed by atoms with Crippen molar-refractivity contribution in [2.24, 2.45) is 0 Å². The molecule has 4 rings (SSSR count). The zero-order chi connectivity index (χ0) is 27.7. The van der Waals surface area contributed by atoms with Crippen LogP contribution in [0.1, 0.15) is 41.3 Å². The van der Waals surface area contributed by atoms with Crippen molar-refractivity contribution in [2.45, 2.75) is 44.7 Å². The lowest BCUT2D eigenvalue weighted by molar-refractivity contribution is -0.202. The zero-order valence-electron chi connectivity index (χ0n) is 21.7. The molecule has 0 saturated heterocycles. The number of carbonyl (C=O) groups excluding carboxylic acids is 2. The van der Waals surface area contributed by atoms with Gasteiger partial charge in [0.05, 0.1) is 39.9 Å². The van der Waals surface area contributed by atoms with Gasteiger partial charge in [-0.05, 0) is 61.1 Å². The molecule has 7 nitrogen and oxygen atoms in total. The molecule has 1 atom stereocenters. The van der Waals surface area contributed by atoms with Gasteiger partial charge in [-0.3, -0.25) is 9.28 Å². The third-order valence-electron chi connectivity index (χ3n) is 6.54. The average molecular weight is 532 g/mol. The molecule has 0 radical (unpaired) electrons. The molecule has 1 aliphatic carbocycles. The van der Waals surface area contributed by atoms with Crippen LogP contribution in [-0.2, 0) is 27.2 Å². The van der Waals surface area contributed by atoms with E-state index >= 15 is 0 Å². The molecule has 0 N–H and O–H groups in total. The number of alkyl halides is 3. The molecule has 2 aromatic carbocycles. The van der Waals surface area contributed by atoms with Crippen LogP contribution in [0.4, 0.5) is 18.9 Å². The first kappa shape index (κ1) is 27.4. The minimum Gasteiger partial charge on any atom is -0.493 e. The number of hydrogen-bond donors (Lipinski definition) is 0. The summed E-state index contributed by atoms with van der Waals surface area (Å²) in [5.41, 5.74) is 4.66. The van der Waals surface area contributed by atoms with E-state index < -0.39 is 18.1 Å². The van der Waals surface area contributed by atoms with Crippen molar-refractivity contribution < 1.29 is 36.7 Å². The summed E-state index contributed by atoms with van der Waals surface area (Å²) in [7, 11) is 6.28. The monoisotopic (exact) mass is 531 g/mol. The van der Waals surface area contributed by atoms with Gasteiger partial charge < -0.3 is 13.9 Å². The largest absolute Gasteiger partial charge is 0.493 e. The van der Waals surface area contributed by atoms with Gasteiger partial charge in [-0.2, -0.15) is 13.2 Å². The smallest absolute Gasteiger partial charge is 0.491 e. The highest BCUT2D eigenvalue weighted by atomic mass is 19.4. The Labute approximate surface area is 218 Å². The fourth-order valence-corrected chi connectivity index (χ4v) is 4.49. The van der Waals surface area contributed by atoms with Gasteiger partial charge >= 0.3 is 18.1 Å². The summed E-state index contributed by atoms with van der Waals surface area (Å²) in [5, 5.41) is 0. The molecule has 0 aliphatic heterocycles. The van der Waals surface area contributed by atoms with Gasteiger partial charge in [0.2, 0.25) is 5.89 Å². The Kier molecular flexibility index (Phi) is 7.64. The summed E-state index contributed by atoms with van der Waals surface area (Å²) >= 11 is 0. The summed E-state index contributed by atoms with van der Waals surface area (Å²) in [6.45, 7) is 2.25. The number of carbonyl (C=O) groups is 2. The van der Waals surface area contributed by atoms with E-state index in [1.807, 2.05) is 25.1 Å². The highest BCUT2D eigenvalue weighted by Crippen LogP contribution is 2.38. The topological polar surface area (TPSA) is 78.6 Å². The molecule has 0 saturated carbocycles. The first-order valence-electron chi connectivity index (χ1n) is 12.3. The molecular weight excluding hydrogens is 501 g/mol. The lowest BCUT2D eigenvalue weighted by atomic mass is 9.98. The Morgan fingerprint density at radius 2 is 1.89 bits per heavy atom. The molecule has 1 aromatic heterocycles. The van der Waals surface area contributed by atoms with E-state index in [0.29, 0.717) is 42.0 Å². The van der Waals surface area contributed by atoms with Crippen molar-refractivity contribution in [2.75, 3.05) is 27.7 Å². The number of aryl methyl sites for hydroxylation is 2. The van der Waals surface area contributed by atoms with Crippen LogP contribution in [0.25, 0.3) is 11.5 Å². The fourth-order valence-electron chi connectivity index (χ4n) is 4.49. The van der Waals surface area contributed by atoms with Crippen molar-refractivity contribution in [1.82, 2.24) is 9.47 Å². The van der Waals surface area contributed by atoms with Gasteiger partial charge in [-0.1, -0.05) is 12.1 Å². The van der Waals surface area contributed by atoms with E-state index in [2.05, 4.69) is 43.0 Å². The number of halogens is 3. The molecule has 0 bridgehead atoms.